The summed E-state index contributed by atoms with van der Waals surface area (Å²) in [5, 5.41) is 9.29. The number of hydrogen-bond donors (Lipinski definition) is 1. The Morgan fingerprint density at radius 3 is 2.38 bits per heavy atom. The van der Waals surface area contributed by atoms with Gasteiger partial charge in [-0.3, -0.25) is 4.79 Å². The molecule has 1 rings (SSSR count). The van der Waals surface area contributed by atoms with E-state index in [9.17, 15) is 9.90 Å². The Kier molecular flexibility index (Phi) is 3.51. The molecule has 0 saturated carbocycles. The molecule has 0 aliphatic carbocycles. The van der Waals surface area contributed by atoms with Gasteiger partial charge in [-0.25, -0.2) is 0 Å². The first kappa shape index (κ1) is 10.3. The van der Waals surface area contributed by atoms with Crippen molar-refractivity contribution in [1.29, 1.82) is 0 Å². The van der Waals surface area contributed by atoms with E-state index in [0.29, 0.717) is 5.56 Å². The summed E-state index contributed by atoms with van der Waals surface area (Å²) in [5.74, 6) is 0. The Morgan fingerprint density at radius 1 is 1.38 bits per heavy atom. The number of thioether (sulfide) groups is 1. The van der Waals surface area contributed by atoms with Crippen molar-refractivity contribution in [1.82, 2.24) is 0 Å². The van der Waals surface area contributed by atoms with Gasteiger partial charge in [0.2, 0.25) is 5.12 Å². The molecular weight excluding hydrogens is 184 g/mol. The number of aryl methyl sites for hydroxylation is 1. The van der Waals surface area contributed by atoms with Crippen molar-refractivity contribution in [2.75, 3.05) is 6.26 Å². The van der Waals surface area contributed by atoms with Gasteiger partial charge in [-0.2, -0.15) is 0 Å². The van der Waals surface area contributed by atoms with Crippen molar-refractivity contribution < 1.29 is 9.90 Å². The lowest BCUT2D eigenvalue weighted by molar-refractivity contribution is -0.118. The molecule has 0 radical (unpaired) electrons. The standard InChI is InChI=1S/C10H12O2S/c1-7-3-5-8(6-4-7)9(11)10(12)13-2/h3-6,9,11H,1-2H3. The molecule has 0 heterocycles. The second-order valence-electron chi connectivity index (χ2n) is 2.84. The lowest BCUT2D eigenvalue weighted by Crippen LogP contribution is -2.07. The van der Waals surface area contributed by atoms with E-state index in [0.717, 1.165) is 17.3 Å². The zero-order valence-electron chi connectivity index (χ0n) is 7.65. The molecule has 0 amide bonds. The highest BCUT2D eigenvalue weighted by Gasteiger charge is 2.15. The van der Waals surface area contributed by atoms with Gasteiger partial charge in [0.1, 0.15) is 6.10 Å². The van der Waals surface area contributed by atoms with Gasteiger partial charge in [-0.05, 0) is 18.7 Å². The normalized spacial score (nSPS) is 12.5. The Labute approximate surface area is 82.0 Å². The minimum absolute atomic E-state index is 0.219. The van der Waals surface area contributed by atoms with Crippen molar-refractivity contribution in [2.45, 2.75) is 13.0 Å². The smallest absolute Gasteiger partial charge is 0.221 e. The lowest BCUT2D eigenvalue weighted by Gasteiger charge is -2.07. The van der Waals surface area contributed by atoms with Gasteiger partial charge in [0.25, 0.3) is 0 Å². The van der Waals surface area contributed by atoms with Crippen LogP contribution in [-0.2, 0) is 4.79 Å². The van der Waals surface area contributed by atoms with E-state index in [4.69, 9.17) is 0 Å². The lowest BCUT2D eigenvalue weighted by atomic mass is 10.1. The van der Waals surface area contributed by atoms with Crippen molar-refractivity contribution in [3.8, 4) is 0 Å². The molecule has 0 saturated heterocycles. The summed E-state index contributed by atoms with van der Waals surface area (Å²) in [6.45, 7) is 1.96. The van der Waals surface area contributed by atoms with Crippen LogP contribution in [0.3, 0.4) is 0 Å². The number of aliphatic hydroxyl groups is 1. The second kappa shape index (κ2) is 4.44. The van der Waals surface area contributed by atoms with E-state index in [2.05, 4.69) is 0 Å². The SMILES string of the molecule is CSC(=O)C(O)c1ccc(C)cc1. The largest absolute Gasteiger partial charge is 0.380 e. The number of benzene rings is 1. The third-order valence-corrected chi connectivity index (χ3v) is 2.44. The van der Waals surface area contributed by atoms with Crippen molar-refractivity contribution in [2.24, 2.45) is 0 Å². The molecule has 1 unspecified atom stereocenters. The molecule has 1 aromatic carbocycles. The van der Waals surface area contributed by atoms with E-state index in [-0.39, 0.29) is 5.12 Å². The Balaban J connectivity index is 2.83. The fourth-order valence-corrected chi connectivity index (χ4v) is 1.36. The van der Waals surface area contributed by atoms with Crippen LogP contribution >= 0.6 is 11.8 Å². The van der Waals surface area contributed by atoms with Crippen LogP contribution in [0.5, 0.6) is 0 Å². The van der Waals surface area contributed by atoms with Gasteiger partial charge in [-0.1, -0.05) is 41.6 Å². The summed E-state index contributed by atoms with van der Waals surface area (Å²) in [7, 11) is 0. The monoisotopic (exact) mass is 196 g/mol. The molecule has 0 aromatic heterocycles. The average molecular weight is 196 g/mol. The molecule has 3 heteroatoms. The highest BCUT2D eigenvalue weighted by atomic mass is 32.2. The van der Waals surface area contributed by atoms with Crippen LogP contribution in [0.4, 0.5) is 0 Å². The van der Waals surface area contributed by atoms with E-state index < -0.39 is 6.10 Å². The Bertz CT molecular complexity index is 292. The van der Waals surface area contributed by atoms with Crippen molar-refractivity contribution in [3.63, 3.8) is 0 Å². The van der Waals surface area contributed by atoms with Gasteiger partial charge in [0.05, 0.1) is 0 Å². The molecule has 0 aliphatic rings. The zero-order chi connectivity index (χ0) is 9.84. The molecule has 0 spiro atoms. The predicted octanol–water partition coefficient (Wildman–Crippen LogP) is 1.92. The number of rotatable bonds is 2. The highest BCUT2D eigenvalue weighted by Crippen LogP contribution is 2.18. The molecule has 0 bridgehead atoms. The van der Waals surface area contributed by atoms with Gasteiger partial charge >= 0.3 is 0 Å². The summed E-state index contributed by atoms with van der Waals surface area (Å²) in [5.41, 5.74) is 1.78. The maximum atomic E-state index is 11.1. The average Bonchev–Trinajstić information content (AvgIpc) is 2.17. The first-order chi connectivity index (χ1) is 6.15. The van der Waals surface area contributed by atoms with Crippen LogP contribution in [0.2, 0.25) is 0 Å². The molecule has 2 nitrogen and oxygen atoms in total. The number of carbonyl (C=O) groups is 1. The highest BCUT2D eigenvalue weighted by molar-refractivity contribution is 8.13. The van der Waals surface area contributed by atoms with Gasteiger partial charge in [0, 0.05) is 0 Å². The number of hydrogen-bond acceptors (Lipinski definition) is 3. The van der Waals surface area contributed by atoms with E-state index >= 15 is 0 Å². The second-order valence-corrected chi connectivity index (χ2v) is 3.65. The van der Waals surface area contributed by atoms with Crippen LogP contribution in [0.1, 0.15) is 17.2 Å². The van der Waals surface area contributed by atoms with Crippen LogP contribution < -0.4 is 0 Å². The van der Waals surface area contributed by atoms with Crippen LogP contribution in [0.15, 0.2) is 24.3 Å². The summed E-state index contributed by atoms with van der Waals surface area (Å²) in [6, 6.07) is 7.31. The molecule has 13 heavy (non-hydrogen) atoms. The van der Waals surface area contributed by atoms with E-state index in [1.54, 1.807) is 18.4 Å². The van der Waals surface area contributed by atoms with E-state index in [1.807, 2.05) is 19.1 Å². The Morgan fingerprint density at radius 2 is 1.92 bits per heavy atom. The van der Waals surface area contributed by atoms with Crippen molar-refractivity contribution in [3.05, 3.63) is 35.4 Å². The number of aliphatic hydroxyl groups excluding tert-OH is 1. The summed E-state index contributed by atoms with van der Waals surface area (Å²) in [4.78, 5) is 11.1. The molecule has 0 aliphatic heterocycles. The van der Waals surface area contributed by atoms with Gasteiger partial charge < -0.3 is 5.11 Å². The summed E-state index contributed by atoms with van der Waals surface area (Å²) < 4.78 is 0. The molecule has 0 fully saturated rings. The third kappa shape index (κ3) is 2.57. The zero-order valence-corrected chi connectivity index (χ0v) is 8.47. The first-order valence-corrected chi connectivity index (χ1v) is 5.20. The van der Waals surface area contributed by atoms with Crippen molar-refractivity contribution >= 4 is 16.9 Å². The Hall–Kier alpha value is -0.800. The maximum absolute atomic E-state index is 11.1. The van der Waals surface area contributed by atoms with Gasteiger partial charge in [-0.15, -0.1) is 0 Å². The molecular formula is C10H12O2S. The van der Waals surface area contributed by atoms with Gasteiger partial charge in [0.15, 0.2) is 0 Å². The molecule has 70 valence electrons. The molecule has 1 atom stereocenters. The van der Waals surface area contributed by atoms with E-state index in [1.165, 1.54) is 0 Å². The number of carbonyl (C=O) groups excluding carboxylic acids is 1. The first-order valence-electron chi connectivity index (χ1n) is 3.97. The summed E-state index contributed by atoms with van der Waals surface area (Å²) in [6.07, 6.45) is 0.676. The fourth-order valence-electron chi connectivity index (χ4n) is 0.996. The predicted molar refractivity (Wildman–Crippen MR) is 54.7 cm³/mol. The topological polar surface area (TPSA) is 37.3 Å². The molecule has 1 N–H and O–H groups in total. The third-order valence-electron chi connectivity index (χ3n) is 1.82. The minimum Gasteiger partial charge on any atom is -0.380 e. The maximum Gasteiger partial charge on any atom is 0.221 e. The quantitative estimate of drug-likeness (QED) is 0.785. The van der Waals surface area contributed by atoms with Crippen LogP contribution in [0, 0.1) is 6.92 Å². The van der Waals surface area contributed by atoms with Crippen LogP contribution in [0.25, 0.3) is 0 Å². The summed E-state index contributed by atoms with van der Waals surface area (Å²) >= 11 is 1.04. The minimum atomic E-state index is -0.990. The fraction of sp³-hybridized carbons (Fsp3) is 0.300. The van der Waals surface area contributed by atoms with Crippen LogP contribution in [-0.4, -0.2) is 16.5 Å². The molecule has 1 aromatic rings.